The van der Waals surface area contributed by atoms with Gasteiger partial charge in [-0.2, -0.15) is 0 Å². The first kappa shape index (κ1) is 17.7. The summed E-state index contributed by atoms with van der Waals surface area (Å²) >= 11 is 6.11. The minimum absolute atomic E-state index is 0.0729. The highest BCUT2D eigenvalue weighted by Crippen LogP contribution is 2.23. The van der Waals surface area contributed by atoms with Gasteiger partial charge in [0.1, 0.15) is 4.75 Å². The van der Waals surface area contributed by atoms with E-state index in [0.717, 1.165) is 12.7 Å². The van der Waals surface area contributed by atoms with Crippen LogP contribution in [-0.2, 0) is 14.6 Å². The summed E-state index contributed by atoms with van der Waals surface area (Å²) in [5, 5.41) is 2.40. The maximum Gasteiger partial charge on any atom is 0.240 e. The number of sulfone groups is 1. The van der Waals surface area contributed by atoms with E-state index in [1.165, 1.54) is 13.8 Å². The molecule has 0 rings (SSSR count). The fourth-order valence-electron chi connectivity index (χ4n) is 1.32. The van der Waals surface area contributed by atoms with Crippen LogP contribution in [0.1, 0.15) is 41.0 Å². The average Bonchev–Trinajstić information content (AvgIpc) is 2.09. The number of nitrogens with one attached hydrogen (secondary N) is 1. The number of alkyl halides is 1. The van der Waals surface area contributed by atoms with Crippen LogP contribution in [0.25, 0.3) is 0 Å². The van der Waals surface area contributed by atoms with Crippen LogP contribution in [-0.4, -0.2) is 37.2 Å². The summed E-state index contributed by atoms with van der Waals surface area (Å²) in [7, 11) is -3.44. The van der Waals surface area contributed by atoms with Crippen molar-refractivity contribution in [3.05, 3.63) is 0 Å². The monoisotopic (exact) mass is 297 g/mol. The van der Waals surface area contributed by atoms with Gasteiger partial charge in [-0.05, 0) is 25.7 Å². The molecule has 108 valence electrons. The minimum Gasteiger partial charge on any atom is -0.353 e. The number of carbonyl (C=O) groups excluding carboxylic acids is 1. The van der Waals surface area contributed by atoms with Crippen molar-refractivity contribution in [2.45, 2.75) is 51.2 Å². The molecule has 0 radical (unpaired) electrons. The number of hydrogen-bond acceptors (Lipinski definition) is 3. The highest BCUT2D eigenvalue weighted by Gasteiger charge is 2.38. The molecule has 0 aliphatic carbocycles. The molecule has 4 nitrogen and oxygen atoms in total. The normalized spacial score (nSPS) is 15.3. The van der Waals surface area contributed by atoms with E-state index in [9.17, 15) is 13.2 Å². The molecular formula is C12H24ClNO3S. The highest BCUT2D eigenvalue weighted by molar-refractivity contribution is 7.92. The molecule has 1 N–H and O–H groups in total. The molecule has 0 bridgehead atoms. The number of carbonyl (C=O) groups is 1. The third kappa shape index (κ3) is 5.57. The Bertz CT molecular complexity index is 396. The Morgan fingerprint density at radius 3 is 2.00 bits per heavy atom. The third-order valence-corrected chi connectivity index (χ3v) is 5.14. The Morgan fingerprint density at radius 2 is 1.67 bits per heavy atom. The lowest BCUT2D eigenvalue weighted by atomic mass is 9.90. The summed E-state index contributed by atoms with van der Waals surface area (Å²) in [4.78, 5) is 11.8. The van der Waals surface area contributed by atoms with Gasteiger partial charge >= 0.3 is 0 Å². The topological polar surface area (TPSA) is 63.2 Å². The van der Waals surface area contributed by atoms with Crippen molar-refractivity contribution in [1.29, 1.82) is 0 Å². The molecular weight excluding hydrogens is 274 g/mol. The Labute approximate surface area is 115 Å². The van der Waals surface area contributed by atoms with Gasteiger partial charge in [0.15, 0.2) is 9.84 Å². The molecule has 1 amide bonds. The van der Waals surface area contributed by atoms with E-state index in [2.05, 4.69) is 26.1 Å². The number of rotatable bonds is 5. The molecule has 0 aromatic carbocycles. The lowest BCUT2D eigenvalue weighted by Gasteiger charge is -2.25. The van der Waals surface area contributed by atoms with Gasteiger partial charge in [0, 0.05) is 12.8 Å². The van der Waals surface area contributed by atoms with Gasteiger partial charge in [-0.15, -0.1) is 11.6 Å². The summed E-state index contributed by atoms with van der Waals surface area (Å²) in [6.07, 6.45) is 1.80. The zero-order chi connectivity index (χ0) is 14.8. The molecule has 0 aliphatic heterocycles. The second kappa shape index (κ2) is 5.78. The van der Waals surface area contributed by atoms with Crippen LogP contribution in [0.5, 0.6) is 0 Å². The highest BCUT2D eigenvalue weighted by atomic mass is 35.5. The fourth-order valence-corrected chi connectivity index (χ4v) is 2.27. The van der Waals surface area contributed by atoms with Crippen molar-refractivity contribution in [2.75, 3.05) is 12.8 Å². The predicted octanol–water partition coefficient (Wildman–Crippen LogP) is 1.97. The van der Waals surface area contributed by atoms with Gasteiger partial charge in [-0.25, -0.2) is 8.42 Å². The number of hydrogen-bond donors (Lipinski definition) is 1. The Balaban J connectivity index is 4.45. The van der Waals surface area contributed by atoms with E-state index in [0.29, 0.717) is 0 Å². The minimum atomic E-state index is -3.44. The lowest BCUT2D eigenvalue weighted by Crippen LogP contribution is -2.49. The van der Waals surface area contributed by atoms with Crippen molar-refractivity contribution >= 4 is 27.3 Å². The zero-order valence-corrected chi connectivity index (χ0v) is 13.6. The smallest absolute Gasteiger partial charge is 0.240 e. The summed E-state index contributed by atoms with van der Waals surface area (Å²) in [5.74, 6) is -0.510. The first-order valence-corrected chi connectivity index (χ1v) is 8.22. The van der Waals surface area contributed by atoms with Crippen molar-refractivity contribution in [3.8, 4) is 0 Å². The molecule has 0 spiro atoms. The van der Waals surface area contributed by atoms with E-state index >= 15 is 0 Å². The maximum absolute atomic E-state index is 11.8. The standard InChI is InChI=1S/C12H24ClNO3S/c1-11(2,3)7-9(13)8-14-10(15)12(4,5)18(6,16)17/h9H,7-8H2,1-6H3,(H,14,15). The summed E-state index contributed by atoms with van der Waals surface area (Å²) in [6, 6.07) is 0. The maximum atomic E-state index is 11.8. The van der Waals surface area contributed by atoms with Crippen LogP contribution in [0, 0.1) is 5.41 Å². The zero-order valence-electron chi connectivity index (χ0n) is 12.0. The molecule has 0 aromatic heterocycles. The average molecular weight is 298 g/mol. The van der Waals surface area contributed by atoms with Gasteiger partial charge in [-0.1, -0.05) is 20.8 Å². The van der Waals surface area contributed by atoms with E-state index in [-0.39, 0.29) is 17.3 Å². The Hall–Kier alpha value is -0.290. The van der Waals surface area contributed by atoms with Crippen LogP contribution in [0.4, 0.5) is 0 Å². The van der Waals surface area contributed by atoms with Crippen LogP contribution in [0.15, 0.2) is 0 Å². The van der Waals surface area contributed by atoms with Crippen molar-refractivity contribution in [2.24, 2.45) is 5.41 Å². The largest absolute Gasteiger partial charge is 0.353 e. The SMILES string of the molecule is CC(C)(C)CC(Cl)CNC(=O)C(C)(C)S(C)(=O)=O. The van der Waals surface area contributed by atoms with Gasteiger partial charge in [0.25, 0.3) is 0 Å². The first-order valence-electron chi connectivity index (χ1n) is 5.89. The van der Waals surface area contributed by atoms with Crippen LogP contribution in [0.3, 0.4) is 0 Å². The summed E-state index contributed by atoms with van der Waals surface area (Å²) in [5.41, 5.74) is 0.0729. The molecule has 0 aliphatic rings. The second-order valence-corrected chi connectivity index (χ2v) is 9.54. The third-order valence-electron chi connectivity index (χ3n) is 2.79. The van der Waals surface area contributed by atoms with Gasteiger partial charge < -0.3 is 5.32 Å². The van der Waals surface area contributed by atoms with Crippen molar-refractivity contribution in [3.63, 3.8) is 0 Å². The van der Waals surface area contributed by atoms with Gasteiger partial charge in [0.2, 0.25) is 5.91 Å². The quantitative estimate of drug-likeness (QED) is 0.789. The molecule has 18 heavy (non-hydrogen) atoms. The molecule has 0 saturated carbocycles. The summed E-state index contributed by atoms with van der Waals surface area (Å²) in [6.45, 7) is 9.24. The van der Waals surface area contributed by atoms with Crippen LogP contribution < -0.4 is 5.32 Å². The second-order valence-electron chi connectivity index (χ2n) is 6.35. The molecule has 1 atom stereocenters. The first-order chi connectivity index (χ1) is 7.77. The summed E-state index contributed by atoms with van der Waals surface area (Å²) < 4.78 is 21.5. The number of halogens is 1. The van der Waals surface area contributed by atoms with Crippen molar-refractivity contribution in [1.82, 2.24) is 5.32 Å². The van der Waals surface area contributed by atoms with E-state index < -0.39 is 20.5 Å². The molecule has 0 fully saturated rings. The molecule has 0 heterocycles. The van der Waals surface area contributed by atoms with Gasteiger partial charge in [0.05, 0.1) is 5.38 Å². The van der Waals surface area contributed by atoms with Crippen LogP contribution >= 0.6 is 11.6 Å². The van der Waals surface area contributed by atoms with E-state index in [4.69, 9.17) is 11.6 Å². The fraction of sp³-hybridized carbons (Fsp3) is 0.917. The molecule has 0 saturated heterocycles. The number of amides is 1. The van der Waals surface area contributed by atoms with Crippen LogP contribution in [0.2, 0.25) is 0 Å². The Morgan fingerprint density at radius 1 is 1.22 bits per heavy atom. The molecule has 1 unspecified atom stereocenters. The Kier molecular flexibility index (Phi) is 5.69. The van der Waals surface area contributed by atoms with E-state index in [1.807, 2.05) is 0 Å². The lowest BCUT2D eigenvalue weighted by molar-refractivity contribution is -0.122. The van der Waals surface area contributed by atoms with Crippen molar-refractivity contribution < 1.29 is 13.2 Å². The van der Waals surface area contributed by atoms with E-state index in [1.54, 1.807) is 0 Å². The van der Waals surface area contributed by atoms with Gasteiger partial charge in [-0.3, -0.25) is 4.79 Å². The predicted molar refractivity (Wildman–Crippen MR) is 75.6 cm³/mol. The molecule has 6 heteroatoms. The molecule has 0 aromatic rings.